The number of benzene rings is 2. The fourth-order valence-electron chi connectivity index (χ4n) is 2.08. The van der Waals surface area contributed by atoms with Gasteiger partial charge in [-0.3, -0.25) is 4.98 Å². The maximum atomic E-state index is 11.2. The van der Waals surface area contributed by atoms with Crippen molar-refractivity contribution >= 4 is 16.7 Å². The average Bonchev–Trinajstić information content (AvgIpc) is 2.48. The standard InChI is InChI=1S/C16H11NO3/c18-16(19)14-7-8-15(13-6-2-1-5-12(13)14)20-11-4-3-9-17-10-11/h1-10H,(H,18,19). The van der Waals surface area contributed by atoms with Crippen molar-refractivity contribution in [2.45, 2.75) is 0 Å². The van der Waals surface area contributed by atoms with E-state index in [1.165, 1.54) is 0 Å². The van der Waals surface area contributed by atoms with Crippen molar-refractivity contribution in [2.24, 2.45) is 0 Å². The minimum absolute atomic E-state index is 0.263. The molecule has 0 saturated carbocycles. The SMILES string of the molecule is O=C(O)c1ccc(Oc2cccnc2)c2ccccc12. The second kappa shape index (κ2) is 5.01. The summed E-state index contributed by atoms with van der Waals surface area (Å²) in [7, 11) is 0. The molecular weight excluding hydrogens is 254 g/mol. The van der Waals surface area contributed by atoms with Gasteiger partial charge in [0.05, 0.1) is 11.8 Å². The Kier molecular flexibility index (Phi) is 3.05. The number of aromatic nitrogens is 1. The normalized spacial score (nSPS) is 10.4. The van der Waals surface area contributed by atoms with Crippen molar-refractivity contribution in [3.05, 3.63) is 66.5 Å². The molecule has 0 spiro atoms. The van der Waals surface area contributed by atoms with E-state index in [1.807, 2.05) is 18.2 Å². The Morgan fingerprint density at radius 1 is 1.00 bits per heavy atom. The summed E-state index contributed by atoms with van der Waals surface area (Å²) in [6.07, 6.45) is 3.28. The third kappa shape index (κ3) is 2.19. The van der Waals surface area contributed by atoms with Crippen LogP contribution in [0.1, 0.15) is 10.4 Å². The van der Waals surface area contributed by atoms with Gasteiger partial charge < -0.3 is 9.84 Å². The highest BCUT2D eigenvalue weighted by Crippen LogP contribution is 2.31. The Bertz CT molecular complexity index is 769. The van der Waals surface area contributed by atoms with Gasteiger partial charge in [0.15, 0.2) is 0 Å². The smallest absolute Gasteiger partial charge is 0.336 e. The van der Waals surface area contributed by atoms with E-state index in [1.54, 1.807) is 42.7 Å². The molecule has 0 aliphatic carbocycles. The molecule has 1 aromatic heterocycles. The molecule has 3 rings (SSSR count). The summed E-state index contributed by atoms with van der Waals surface area (Å²) in [5.74, 6) is 0.272. The highest BCUT2D eigenvalue weighted by Gasteiger charge is 2.12. The molecule has 0 unspecified atom stereocenters. The van der Waals surface area contributed by atoms with Gasteiger partial charge in [0.1, 0.15) is 11.5 Å². The van der Waals surface area contributed by atoms with E-state index >= 15 is 0 Å². The molecule has 0 aliphatic rings. The van der Waals surface area contributed by atoms with Crippen LogP contribution >= 0.6 is 0 Å². The molecule has 0 bridgehead atoms. The average molecular weight is 265 g/mol. The van der Waals surface area contributed by atoms with Crippen molar-refractivity contribution < 1.29 is 14.6 Å². The highest BCUT2D eigenvalue weighted by molar-refractivity contribution is 6.05. The molecule has 3 aromatic rings. The predicted octanol–water partition coefficient (Wildman–Crippen LogP) is 3.73. The van der Waals surface area contributed by atoms with E-state index in [4.69, 9.17) is 4.74 Å². The molecule has 98 valence electrons. The van der Waals surface area contributed by atoms with Crippen LogP contribution in [-0.2, 0) is 0 Å². The molecule has 4 nitrogen and oxygen atoms in total. The topological polar surface area (TPSA) is 59.4 Å². The zero-order valence-corrected chi connectivity index (χ0v) is 10.5. The van der Waals surface area contributed by atoms with Crippen LogP contribution in [0.4, 0.5) is 0 Å². The lowest BCUT2D eigenvalue weighted by Gasteiger charge is -2.10. The summed E-state index contributed by atoms with van der Waals surface area (Å²) >= 11 is 0. The van der Waals surface area contributed by atoms with Crippen LogP contribution in [0.2, 0.25) is 0 Å². The van der Waals surface area contributed by atoms with Crippen LogP contribution in [0, 0.1) is 0 Å². The number of aromatic carboxylic acids is 1. The molecule has 4 heteroatoms. The maximum Gasteiger partial charge on any atom is 0.336 e. The molecule has 2 aromatic carbocycles. The Hall–Kier alpha value is -2.88. The number of hydrogen-bond acceptors (Lipinski definition) is 3. The molecule has 0 amide bonds. The van der Waals surface area contributed by atoms with Crippen LogP contribution in [-0.4, -0.2) is 16.1 Å². The first-order valence-corrected chi connectivity index (χ1v) is 6.08. The fourth-order valence-corrected chi connectivity index (χ4v) is 2.08. The van der Waals surface area contributed by atoms with E-state index in [-0.39, 0.29) is 5.56 Å². The summed E-state index contributed by atoms with van der Waals surface area (Å²) in [6.45, 7) is 0. The van der Waals surface area contributed by atoms with Gasteiger partial charge in [-0.1, -0.05) is 24.3 Å². The monoisotopic (exact) mass is 265 g/mol. The lowest BCUT2D eigenvalue weighted by molar-refractivity contribution is 0.0699. The largest absolute Gasteiger partial charge is 0.478 e. The molecule has 1 heterocycles. The molecule has 20 heavy (non-hydrogen) atoms. The van der Waals surface area contributed by atoms with Crippen molar-refractivity contribution in [1.29, 1.82) is 0 Å². The minimum Gasteiger partial charge on any atom is -0.478 e. The van der Waals surface area contributed by atoms with Crippen LogP contribution in [0.15, 0.2) is 60.9 Å². The Balaban J connectivity index is 2.13. The zero-order chi connectivity index (χ0) is 13.9. The predicted molar refractivity (Wildman–Crippen MR) is 75.2 cm³/mol. The van der Waals surface area contributed by atoms with E-state index < -0.39 is 5.97 Å². The number of fused-ring (bicyclic) bond motifs is 1. The molecule has 0 atom stereocenters. The van der Waals surface area contributed by atoms with Crippen LogP contribution in [0.3, 0.4) is 0 Å². The summed E-state index contributed by atoms with van der Waals surface area (Å²) < 4.78 is 5.77. The van der Waals surface area contributed by atoms with E-state index in [9.17, 15) is 9.90 Å². The second-order valence-corrected chi connectivity index (χ2v) is 4.25. The van der Waals surface area contributed by atoms with Gasteiger partial charge in [-0.2, -0.15) is 0 Å². The summed E-state index contributed by atoms with van der Waals surface area (Å²) in [4.78, 5) is 15.2. The Labute approximate surface area is 115 Å². The molecule has 0 radical (unpaired) electrons. The van der Waals surface area contributed by atoms with Gasteiger partial charge >= 0.3 is 5.97 Å². The lowest BCUT2D eigenvalue weighted by atomic mass is 10.0. The molecule has 0 fully saturated rings. The number of carboxylic acids is 1. The van der Waals surface area contributed by atoms with E-state index in [0.717, 1.165) is 5.39 Å². The van der Waals surface area contributed by atoms with Crippen molar-refractivity contribution in [1.82, 2.24) is 4.98 Å². The zero-order valence-electron chi connectivity index (χ0n) is 10.5. The van der Waals surface area contributed by atoms with E-state index in [2.05, 4.69) is 4.98 Å². The Morgan fingerprint density at radius 3 is 2.50 bits per heavy atom. The van der Waals surface area contributed by atoms with Gasteiger partial charge in [-0.25, -0.2) is 4.79 Å². The quantitative estimate of drug-likeness (QED) is 0.784. The fraction of sp³-hybridized carbons (Fsp3) is 0. The number of carboxylic acid groups (broad SMARTS) is 1. The second-order valence-electron chi connectivity index (χ2n) is 4.25. The number of pyridine rings is 1. The molecule has 0 aliphatic heterocycles. The van der Waals surface area contributed by atoms with Crippen molar-refractivity contribution in [3.63, 3.8) is 0 Å². The number of nitrogens with zero attached hydrogens (tertiary/aromatic N) is 1. The van der Waals surface area contributed by atoms with Gasteiger partial charge in [-0.05, 0) is 29.7 Å². The minimum atomic E-state index is -0.950. The lowest BCUT2D eigenvalue weighted by Crippen LogP contribution is -1.98. The summed E-state index contributed by atoms with van der Waals surface area (Å²) in [5.41, 5.74) is 0.263. The van der Waals surface area contributed by atoms with Crippen LogP contribution in [0.5, 0.6) is 11.5 Å². The number of carbonyl (C=O) groups is 1. The first-order valence-electron chi connectivity index (χ1n) is 6.08. The summed E-state index contributed by atoms with van der Waals surface area (Å²) in [6, 6.07) is 14.1. The van der Waals surface area contributed by atoms with Crippen LogP contribution < -0.4 is 4.74 Å². The molecule has 1 N–H and O–H groups in total. The summed E-state index contributed by atoms with van der Waals surface area (Å²) in [5, 5.41) is 10.6. The molecular formula is C16H11NO3. The third-order valence-electron chi connectivity index (χ3n) is 2.98. The maximum absolute atomic E-state index is 11.2. The highest BCUT2D eigenvalue weighted by atomic mass is 16.5. The van der Waals surface area contributed by atoms with Gasteiger partial charge in [0.25, 0.3) is 0 Å². The van der Waals surface area contributed by atoms with Gasteiger partial charge in [-0.15, -0.1) is 0 Å². The van der Waals surface area contributed by atoms with Gasteiger partial charge in [0, 0.05) is 11.6 Å². The Morgan fingerprint density at radius 2 is 1.80 bits per heavy atom. The first kappa shape index (κ1) is 12.2. The van der Waals surface area contributed by atoms with Gasteiger partial charge in [0.2, 0.25) is 0 Å². The van der Waals surface area contributed by atoms with E-state index in [0.29, 0.717) is 16.9 Å². The van der Waals surface area contributed by atoms with Crippen LogP contribution in [0.25, 0.3) is 10.8 Å². The third-order valence-corrected chi connectivity index (χ3v) is 2.98. The van der Waals surface area contributed by atoms with Crippen molar-refractivity contribution in [2.75, 3.05) is 0 Å². The number of hydrogen-bond donors (Lipinski definition) is 1. The van der Waals surface area contributed by atoms with Crippen molar-refractivity contribution in [3.8, 4) is 11.5 Å². The molecule has 0 saturated heterocycles. The number of rotatable bonds is 3. The first-order chi connectivity index (χ1) is 9.75. The number of ether oxygens (including phenoxy) is 1.